The normalized spacial score (nSPS) is 14.7. The topological polar surface area (TPSA) is 85.1 Å². The first-order valence-electron chi connectivity index (χ1n) is 6.96. The van der Waals surface area contributed by atoms with Gasteiger partial charge in [-0.3, -0.25) is 0 Å². The molecule has 1 aromatic heterocycles. The molecule has 1 heterocycles. The molecule has 2 rings (SSSR count). The van der Waals surface area contributed by atoms with E-state index in [2.05, 4.69) is 10.3 Å². The maximum atomic E-state index is 12.0. The van der Waals surface area contributed by atoms with Crippen LogP contribution in [0.4, 0.5) is 5.13 Å². The lowest BCUT2D eigenvalue weighted by molar-refractivity contribution is 0.502. The number of thiazole rings is 1. The van der Waals surface area contributed by atoms with Gasteiger partial charge in [0.25, 0.3) is 0 Å². The number of nitrogens with one attached hydrogen (secondary N) is 1. The lowest BCUT2D eigenvalue weighted by atomic mass is 10.0. The third kappa shape index (κ3) is 4.28. The Morgan fingerprint density at radius 2 is 1.95 bits per heavy atom. The number of nitrogens with zero attached hydrogens (tertiary/aromatic N) is 1. The molecule has 0 aliphatic rings. The van der Waals surface area contributed by atoms with Crippen LogP contribution in [0.3, 0.4) is 0 Å². The fourth-order valence-corrected chi connectivity index (χ4v) is 3.57. The average molecular weight is 339 g/mol. The van der Waals surface area contributed by atoms with Crippen molar-refractivity contribution in [1.82, 2.24) is 10.3 Å². The molecule has 0 spiro atoms. The molecule has 0 saturated heterocycles. The molecule has 120 valence electrons. The van der Waals surface area contributed by atoms with Gasteiger partial charge in [0.05, 0.1) is 5.25 Å². The minimum Gasteiger partial charge on any atom is -0.375 e. The predicted molar refractivity (Wildman–Crippen MR) is 91.6 cm³/mol. The van der Waals surface area contributed by atoms with Crippen LogP contribution in [-0.2, 0) is 16.4 Å². The van der Waals surface area contributed by atoms with Crippen molar-refractivity contribution in [3.05, 3.63) is 46.5 Å². The van der Waals surface area contributed by atoms with Crippen molar-refractivity contribution in [1.29, 1.82) is 0 Å². The zero-order valence-corrected chi connectivity index (χ0v) is 14.5. The van der Waals surface area contributed by atoms with E-state index < -0.39 is 15.1 Å². The molecule has 0 radical (unpaired) electrons. The summed E-state index contributed by atoms with van der Waals surface area (Å²) in [6.45, 7) is 4.27. The number of anilines is 1. The molecular formula is C15H21N3O2S2. The van der Waals surface area contributed by atoms with Gasteiger partial charge in [-0.15, -0.1) is 11.3 Å². The molecule has 2 atom stereocenters. The summed E-state index contributed by atoms with van der Waals surface area (Å²) in [7, 11) is -3.16. The molecular weight excluding hydrogens is 318 g/mol. The minimum absolute atomic E-state index is 0.279. The Bertz CT molecular complexity index is 724. The largest absolute Gasteiger partial charge is 0.375 e. The highest BCUT2D eigenvalue weighted by Crippen LogP contribution is 2.24. The smallest absolute Gasteiger partial charge is 0.180 e. The van der Waals surface area contributed by atoms with Gasteiger partial charge in [-0.05, 0) is 19.4 Å². The number of aromatic nitrogens is 1. The van der Waals surface area contributed by atoms with Gasteiger partial charge >= 0.3 is 0 Å². The van der Waals surface area contributed by atoms with Gasteiger partial charge in [0.2, 0.25) is 0 Å². The fourth-order valence-electron chi connectivity index (χ4n) is 2.19. The summed E-state index contributed by atoms with van der Waals surface area (Å²) in [5.41, 5.74) is 7.73. The van der Waals surface area contributed by atoms with Gasteiger partial charge in [0.15, 0.2) is 15.0 Å². The lowest BCUT2D eigenvalue weighted by Crippen LogP contribution is -2.34. The van der Waals surface area contributed by atoms with Crippen molar-refractivity contribution in [2.75, 3.05) is 12.0 Å². The predicted octanol–water partition coefficient (Wildman–Crippen LogP) is 2.30. The van der Waals surface area contributed by atoms with Crippen molar-refractivity contribution in [3.8, 4) is 0 Å². The molecule has 5 nitrogen and oxygen atoms in total. The lowest BCUT2D eigenvalue weighted by Gasteiger charge is -2.24. The molecule has 0 aliphatic carbocycles. The van der Waals surface area contributed by atoms with Crippen molar-refractivity contribution in [3.63, 3.8) is 0 Å². The van der Waals surface area contributed by atoms with Crippen molar-refractivity contribution < 1.29 is 8.42 Å². The molecule has 0 fully saturated rings. The van der Waals surface area contributed by atoms with Gasteiger partial charge in [-0.2, -0.15) is 0 Å². The Morgan fingerprint density at radius 1 is 1.32 bits per heavy atom. The summed E-state index contributed by atoms with van der Waals surface area (Å²) in [6, 6.07) is 7.64. The third-order valence-corrected chi connectivity index (χ3v) is 6.10. The van der Waals surface area contributed by atoms with Gasteiger partial charge in [-0.1, -0.05) is 29.8 Å². The Kier molecular flexibility index (Phi) is 5.20. The number of nitrogens with two attached hydrogens (primary N) is 1. The van der Waals surface area contributed by atoms with Crippen molar-refractivity contribution >= 4 is 26.3 Å². The number of benzene rings is 1. The monoisotopic (exact) mass is 339 g/mol. The van der Waals surface area contributed by atoms with Gasteiger partial charge in [0, 0.05) is 29.9 Å². The Balaban J connectivity index is 2.23. The van der Waals surface area contributed by atoms with Crippen LogP contribution in [0.5, 0.6) is 0 Å². The van der Waals surface area contributed by atoms with E-state index in [-0.39, 0.29) is 6.04 Å². The number of rotatable bonds is 6. The van der Waals surface area contributed by atoms with Gasteiger partial charge in [0.1, 0.15) is 0 Å². The highest BCUT2D eigenvalue weighted by Gasteiger charge is 2.27. The van der Waals surface area contributed by atoms with Crippen LogP contribution in [0, 0.1) is 6.92 Å². The molecule has 2 aromatic rings. The van der Waals surface area contributed by atoms with E-state index in [0.717, 1.165) is 16.0 Å². The average Bonchev–Trinajstić information content (AvgIpc) is 2.85. The summed E-state index contributed by atoms with van der Waals surface area (Å²) in [5.74, 6) is 0. The Labute approximate surface area is 135 Å². The Morgan fingerprint density at radius 3 is 2.45 bits per heavy atom. The summed E-state index contributed by atoms with van der Waals surface area (Å²) in [6.07, 6.45) is 2.98. The molecule has 2 unspecified atom stereocenters. The molecule has 0 amide bonds. The highest BCUT2D eigenvalue weighted by atomic mass is 32.2. The van der Waals surface area contributed by atoms with E-state index in [1.807, 2.05) is 31.2 Å². The highest BCUT2D eigenvalue weighted by molar-refractivity contribution is 7.91. The van der Waals surface area contributed by atoms with Crippen molar-refractivity contribution in [2.45, 2.75) is 31.7 Å². The van der Waals surface area contributed by atoms with Crippen LogP contribution < -0.4 is 11.1 Å². The number of hydrogen-bond acceptors (Lipinski definition) is 6. The molecule has 0 aliphatic heterocycles. The summed E-state index contributed by atoms with van der Waals surface area (Å²) in [5, 5.41) is 3.31. The minimum atomic E-state index is -3.16. The van der Waals surface area contributed by atoms with E-state index in [4.69, 9.17) is 5.73 Å². The number of sulfone groups is 1. The Hall–Kier alpha value is -1.44. The van der Waals surface area contributed by atoms with E-state index >= 15 is 0 Å². The molecule has 0 saturated carbocycles. The maximum Gasteiger partial charge on any atom is 0.180 e. The molecule has 1 aromatic carbocycles. The van der Waals surface area contributed by atoms with E-state index in [9.17, 15) is 8.42 Å². The second-order valence-corrected chi connectivity index (χ2v) is 9.02. The quantitative estimate of drug-likeness (QED) is 0.843. The first-order chi connectivity index (χ1) is 10.3. The molecule has 7 heteroatoms. The number of nitrogen functional groups attached to an aromatic ring is 1. The first kappa shape index (κ1) is 16.9. The van der Waals surface area contributed by atoms with E-state index in [1.54, 1.807) is 13.1 Å². The van der Waals surface area contributed by atoms with Gasteiger partial charge in [-0.25, -0.2) is 13.4 Å². The summed E-state index contributed by atoms with van der Waals surface area (Å²) < 4.78 is 23.9. The van der Waals surface area contributed by atoms with E-state index in [1.165, 1.54) is 17.6 Å². The zero-order chi connectivity index (χ0) is 16.3. The van der Waals surface area contributed by atoms with Crippen molar-refractivity contribution in [2.24, 2.45) is 0 Å². The fraction of sp³-hybridized carbons (Fsp3) is 0.400. The summed E-state index contributed by atoms with van der Waals surface area (Å²) in [4.78, 5) is 4.99. The van der Waals surface area contributed by atoms with Gasteiger partial charge < -0.3 is 11.1 Å². The molecule has 22 heavy (non-hydrogen) atoms. The summed E-state index contributed by atoms with van der Waals surface area (Å²) >= 11 is 1.40. The van der Waals surface area contributed by atoms with Crippen LogP contribution in [0.15, 0.2) is 30.5 Å². The SMILES string of the molecule is Cc1ccc(C(NCc2cnc(N)s2)C(C)S(C)(=O)=O)cc1. The standard InChI is InChI=1S/C15H21N3O2S2/c1-10-4-6-12(7-5-10)14(11(2)22(3,19)20)17-8-13-9-18-15(16)21-13/h4-7,9,11,14,17H,8H2,1-3H3,(H2,16,18). The molecule has 3 N–H and O–H groups in total. The second kappa shape index (κ2) is 6.76. The zero-order valence-electron chi connectivity index (χ0n) is 12.9. The van der Waals surface area contributed by atoms with Crippen LogP contribution in [0.25, 0.3) is 0 Å². The number of hydrogen-bond donors (Lipinski definition) is 2. The van der Waals surface area contributed by atoms with Crippen LogP contribution in [0.1, 0.15) is 29.0 Å². The molecule has 0 bridgehead atoms. The van der Waals surface area contributed by atoms with Crippen LogP contribution in [-0.4, -0.2) is 24.9 Å². The van der Waals surface area contributed by atoms with E-state index in [0.29, 0.717) is 11.7 Å². The van der Waals surface area contributed by atoms with Crippen LogP contribution in [0.2, 0.25) is 0 Å². The van der Waals surface area contributed by atoms with Crippen LogP contribution >= 0.6 is 11.3 Å². The first-order valence-corrected chi connectivity index (χ1v) is 9.73. The maximum absolute atomic E-state index is 12.0. The third-order valence-electron chi connectivity index (χ3n) is 3.65. The number of aryl methyl sites for hydroxylation is 1. The second-order valence-electron chi connectivity index (χ2n) is 5.47.